The third-order valence-electron chi connectivity index (χ3n) is 3.21. The van der Waals surface area contributed by atoms with E-state index >= 15 is 0 Å². The molecule has 0 amide bonds. The molecule has 0 saturated heterocycles. The lowest BCUT2D eigenvalue weighted by Gasteiger charge is -2.02. The molecule has 0 radical (unpaired) electrons. The van der Waals surface area contributed by atoms with Crippen LogP contribution in [0.15, 0.2) is 4.52 Å². The van der Waals surface area contributed by atoms with Crippen LogP contribution < -0.4 is 0 Å². The lowest BCUT2D eigenvalue weighted by Crippen LogP contribution is -2.08. The molecule has 2 aromatic heterocycles. The highest BCUT2D eigenvalue weighted by atomic mass is 16.5. The van der Waals surface area contributed by atoms with Crippen LogP contribution in [0.4, 0.5) is 0 Å². The SMILES string of the molecule is CCCc1noc(Cn2nnc(C(=O)O)c2C2CC2)n1. The molecular formula is C12H15N5O3. The fourth-order valence-electron chi connectivity index (χ4n) is 2.16. The Morgan fingerprint density at radius 2 is 2.30 bits per heavy atom. The zero-order chi connectivity index (χ0) is 14.1. The van der Waals surface area contributed by atoms with Gasteiger partial charge in [-0.1, -0.05) is 17.3 Å². The van der Waals surface area contributed by atoms with Crippen molar-refractivity contribution in [2.24, 2.45) is 0 Å². The topological polar surface area (TPSA) is 107 Å². The van der Waals surface area contributed by atoms with E-state index in [-0.39, 0.29) is 18.2 Å². The van der Waals surface area contributed by atoms with E-state index in [2.05, 4.69) is 20.5 Å². The van der Waals surface area contributed by atoms with Gasteiger partial charge in [0, 0.05) is 12.3 Å². The summed E-state index contributed by atoms with van der Waals surface area (Å²) in [5.41, 5.74) is 0.688. The van der Waals surface area contributed by atoms with Crippen LogP contribution in [0.1, 0.15) is 60.0 Å². The van der Waals surface area contributed by atoms with E-state index in [1.54, 1.807) is 4.68 Å². The molecule has 1 saturated carbocycles. The standard InChI is InChI=1S/C12H15N5O3/c1-2-3-8-13-9(20-15-8)6-17-11(7-4-5-7)10(12(18)19)14-16-17/h7H,2-6H2,1H3,(H,18,19). The number of aryl methyl sites for hydroxylation is 1. The van der Waals surface area contributed by atoms with Gasteiger partial charge in [0.1, 0.15) is 6.54 Å². The number of rotatable bonds is 6. The zero-order valence-corrected chi connectivity index (χ0v) is 11.1. The van der Waals surface area contributed by atoms with Crippen molar-refractivity contribution >= 4 is 5.97 Å². The van der Waals surface area contributed by atoms with Crippen molar-refractivity contribution in [3.8, 4) is 0 Å². The van der Waals surface area contributed by atoms with Crippen LogP contribution in [0.3, 0.4) is 0 Å². The molecule has 3 rings (SSSR count). The first-order valence-electron chi connectivity index (χ1n) is 6.67. The molecule has 1 aliphatic rings. The molecule has 0 unspecified atom stereocenters. The van der Waals surface area contributed by atoms with E-state index < -0.39 is 5.97 Å². The largest absolute Gasteiger partial charge is 0.476 e. The molecule has 20 heavy (non-hydrogen) atoms. The van der Waals surface area contributed by atoms with Crippen molar-refractivity contribution in [2.75, 3.05) is 0 Å². The predicted molar refractivity (Wildman–Crippen MR) is 66.4 cm³/mol. The van der Waals surface area contributed by atoms with Crippen LogP contribution in [0.5, 0.6) is 0 Å². The first-order chi connectivity index (χ1) is 9.69. The Morgan fingerprint density at radius 3 is 2.95 bits per heavy atom. The number of hydrogen-bond acceptors (Lipinski definition) is 6. The molecular weight excluding hydrogens is 262 g/mol. The third kappa shape index (κ3) is 2.40. The normalized spacial score (nSPS) is 14.7. The number of carbonyl (C=O) groups is 1. The maximum absolute atomic E-state index is 11.1. The van der Waals surface area contributed by atoms with Gasteiger partial charge in [-0.3, -0.25) is 0 Å². The quantitative estimate of drug-likeness (QED) is 0.846. The van der Waals surface area contributed by atoms with E-state index in [9.17, 15) is 4.79 Å². The molecule has 2 heterocycles. The third-order valence-corrected chi connectivity index (χ3v) is 3.21. The van der Waals surface area contributed by atoms with E-state index in [1.165, 1.54) is 0 Å². The number of aromatic nitrogens is 5. The Morgan fingerprint density at radius 1 is 1.50 bits per heavy atom. The van der Waals surface area contributed by atoms with Gasteiger partial charge in [-0.25, -0.2) is 9.48 Å². The second kappa shape index (κ2) is 5.03. The monoisotopic (exact) mass is 277 g/mol. The van der Waals surface area contributed by atoms with E-state index in [0.29, 0.717) is 17.4 Å². The number of carboxylic acid groups (broad SMARTS) is 1. The summed E-state index contributed by atoms with van der Waals surface area (Å²) in [7, 11) is 0. The molecule has 1 fully saturated rings. The van der Waals surface area contributed by atoms with Gasteiger partial charge in [0.05, 0.1) is 5.69 Å². The van der Waals surface area contributed by atoms with Crippen molar-refractivity contribution in [1.82, 2.24) is 25.1 Å². The van der Waals surface area contributed by atoms with Crippen LogP contribution in [-0.2, 0) is 13.0 Å². The number of nitrogens with zero attached hydrogens (tertiary/aromatic N) is 5. The summed E-state index contributed by atoms with van der Waals surface area (Å²) in [6.07, 6.45) is 3.65. The average molecular weight is 277 g/mol. The Bertz CT molecular complexity index is 629. The summed E-state index contributed by atoms with van der Waals surface area (Å²) in [5.74, 6) is 0.274. The van der Waals surface area contributed by atoms with Crippen LogP contribution in [-0.4, -0.2) is 36.2 Å². The summed E-state index contributed by atoms with van der Waals surface area (Å²) >= 11 is 0. The minimum Gasteiger partial charge on any atom is -0.476 e. The minimum atomic E-state index is -1.05. The summed E-state index contributed by atoms with van der Waals surface area (Å²) in [5, 5.41) is 20.6. The van der Waals surface area contributed by atoms with Gasteiger partial charge in [-0.2, -0.15) is 4.98 Å². The highest BCUT2D eigenvalue weighted by molar-refractivity contribution is 5.86. The number of carboxylic acids is 1. The molecule has 8 nitrogen and oxygen atoms in total. The molecule has 1 aliphatic carbocycles. The summed E-state index contributed by atoms with van der Waals surface area (Å²) in [4.78, 5) is 15.4. The molecule has 0 aliphatic heterocycles. The second-order valence-corrected chi connectivity index (χ2v) is 4.91. The number of hydrogen-bond donors (Lipinski definition) is 1. The van der Waals surface area contributed by atoms with Crippen LogP contribution in [0.2, 0.25) is 0 Å². The lowest BCUT2D eigenvalue weighted by atomic mass is 10.2. The van der Waals surface area contributed by atoms with Crippen LogP contribution in [0, 0.1) is 0 Å². The van der Waals surface area contributed by atoms with Gasteiger partial charge in [-0.05, 0) is 19.3 Å². The molecule has 8 heteroatoms. The Kier molecular flexibility index (Phi) is 3.21. The van der Waals surface area contributed by atoms with Crippen LogP contribution >= 0.6 is 0 Å². The van der Waals surface area contributed by atoms with E-state index in [0.717, 1.165) is 25.7 Å². The van der Waals surface area contributed by atoms with Crippen molar-refractivity contribution in [3.63, 3.8) is 0 Å². The van der Waals surface area contributed by atoms with Gasteiger partial charge in [-0.15, -0.1) is 5.10 Å². The first-order valence-corrected chi connectivity index (χ1v) is 6.67. The molecule has 0 atom stereocenters. The Balaban J connectivity index is 1.84. The summed E-state index contributed by atoms with van der Waals surface area (Å²) < 4.78 is 6.71. The summed E-state index contributed by atoms with van der Waals surface area (Å²) in [6, 6.07) is 0. The van der Waals surface area contributed by atoms with E-state index in [1.807, 2.05) is 6.92 Å². The molecule has 106 valence electrons. The summed E-state index contributed by atoms with van der Waals surface area (Å²) in [6.45, 7) is 2.31. The zero-order valence-electron chi connectivity index (χ0n) is 11.1. The maximum Gasteiger partial charge on any atom is 0.358 e. The molecule has 0 spiro atoms. The molecule has 1 N–H and O–H groups in total. The highest BCUT2D eigenvalue weighted by Gasteiger charge is 2.34. The first kappa shape index (κ1) is 12.8. The number of aromatic carboxylic acids is 1. The Labute approximate surface area is 114 Å². The maximum atomic E-state index is 11.1. The van der Waals surface area contributed by atoms with Crippen molar-refractivity contribution in [3.05, 3.63) is 23.1 Å². The molecule has 0 bridgehead atoms. The lowest BCUT2D eigenvalue weighted by molar-refractivity contribution is 0.0689. The van der Waals surface area contributed by atoms with Gasteiger partial charge in [0.2, 0.25) is 5.89 Å². The van der Waals surface area contributed by atoms with Crippen molar-refractivity contribution < 1.29 is 14.4 Å². The highest BCUT2D eigenvalue weighted by Crippen LogP contribution is 2.41. The van der Waals surface area contributed by atoms with Gasteiger partial charge in [0.15, 0.2) is 11.5 Å². The van der Waals surface area contributed by atoms with Gasteiger partial charge >= 0.3 is 5.97 Å². The average Bonchev–Trinajstić information content (AvgIpc) is 3.01. The predicted octanol–water partition coefficient (Wildman–Crippen LogP) is 1.24. The fraction of sp³-hybridized carbons (Fsp3) is 0.583. The van der Waals surface area contributed by atoms with E-state index in [4.69, 9.17) is 9.63 Å². The van der Waals surface area contributed by atoms with Crippen molar-refractivity contribution in [2.45, 2.75) is 45.1 Å². The Hall–Kier alpha value is -2.25. The van der Waals surface area contributed by atoms with Gasteiger partial charge < -0.3 is 9.63 Å². The molecule has 0 aromatic carbocycles. The second-order valence-electron chi connectivity index (χ2n) is 4.91. The molecule has 2 aromatic rings. The fourth-order valence-corrected chi connectivity index (χ4v) is 2.16. The van der Waals surface area contributed by atoms with Crippen molar-refractivity contribution in [1.29, 1.82) is 0 Å². The minimum absolute atomic E-state index is 0.0285. The van der Waals surface area contributed by atoms with Crippen LogP contribution in [0.25, 0.3) is 0 Å². The van der Waals surface area contributed by atoms with Gasteiger partial charge in [0.25, 0.3) is 0 Å². The smallest absolute Gasteiger partial charge is 0.358 e.